The molecule has 0 aliphatic rings. The lowest BCUT2D eigenvalue weighted by atomic mass is 10.2. The molecule has 0 unspecified atom stereocenters. The van der Waals surface area contributed by atoms with E-state index in [1.807, 2.05) is 0 Å². The molecule has 2 amide bonds. The summed E-state index contributed by atoms with van der Waals surface area (Å²) in [6, 6.07) is 1.71. The number of nitrogens with one attached hydrogen (secondary N) is 2. The maximum absolute atomic E-state index is 11.6. The summed E-state index contributed by atoms with van der Waals surface area (Å²) >= 11 is 0. The van der Waals surface area contributed by atoms with Crippen molar-refractivity contribution in [2.24, 2.45) is 0 Å². The fraction of sp³-hybridized carbons (Fsp3) is 0.545. The average Bonchev–Trinajstić information content (AvgIpc) is 2.74. The first kappa shape index (κ1) is 13.2. The molecule has 0 spiro atoms. The molecule has 94 valence electrons. The van der Waals surface area contributed by atoms with Crippen LogP contribution in [0.25, 0.3) is 0 Å². The van der Waals surface area contributed by atoms with Gasteiger partial charge in [0.25, 0.3) is 5.91 Å². The van der Waals surface area contributed by atoms with Gasteiger partial charge in [-0.15, -0.1) is 0 Å². The van der Waals surface area contributed by atoms with Gasteiger partial charge in [0.1, 0.15) is 5.69 Å². The number of aromatic amines is 1. The van der Waals surface area contributed by atoms with E-state index in [0.29, 0.717) is 5.69 Å². The molecule has 1 heterocycles. The maximum atomic E-state index is 11.6. The third kappa shape index (κ3) is 3.90. The van der Waals surface area contributed by atoms with Crippen LogP contribution in [0.3, 0.4) is 0 Å². The Hall–Kier alpha value is -1.85. The van der Waals surface area contributed by atoms with Gasteiger partial charge in [0.05, 0.1) is 6.54 Å². The van der Waals surface area contributed by atoms with Crippen molar-refractivity contribution < 1.29 is 9.59 Å². The minimum atomic E-state index is -0.334. The predicted molar refractivity (Wildman–Crippen MR) is 63.6 cm³/mol. The highest BCUT2D eigenvalue weighted by molar-refractivity contribution is 5.94. The Morgan fingerprint density at radius 3 is 2.76 bits per heavy atom. The summed E-state index contributed by atoms with van der Waals surface area (Å²) in [7, 11) is 3.28. The van der Waals surface area contributed by atoms with E-state index < -0.39 is 0 Å². The number of rotatable bonds is 5. The number of likely N-dealkylation sites (N-methyl/N-ethyl adjacent to an activating group) is 1. The Labute approximate surface area is 100 Å². The van der Waals surface area contributed by atoms with Crippen molar-refractivity contribution in [3.63, 3.8) is 0 Å². The largest absolute Gasteiger partial charge is 0.347 e. The van der Waals surface area contributed by atoms with Crippen LogP contribution in [0.5, 0.6) is 0 Å². The zero-order chi connectivity index (χ0) is 12.8. The fourth-order valence-corrected chi connectivity index (χ4v) is 1.28. The van der Waals surface area contributed by atoms with Gasteiger partial charge in [0.2, 0.25) is 5.91 Å². The zero-order valence-corrected chi connectivity index (χ0v) is 10.4. The summed E-state index contributed by atoms with van der Waals surface area (Å²) in [4.78, 5) is 24.3. The van der Waals surface area contributed by atoms with Crippen molar-refractivity contribution >= 4 is 11.8 Å². The first-order valence-electron chi connectivity index (χ1n) is 5.57. The van der Waals surface area contributed by atoms with Crippen LogP contribution >= 0.6 is 0 Å². The van der Waals surface area contributed by atoms with E-state index in [1.165, 1.54) is 4.90 Å². The minimum absolute atomic E-state index is 0.0121. The average molecular weight is 238 g/mol. The van der Waals surface area contributed by atoms with Gasteiger partial charge in [0, 0.05) is 19.8 Å². The molecule has 6 nitrogen and oxygen atoms in total. The van der Waals surface area contributed by atoms with Crippen LogP contribution in [0.15, 0.2) is 6.07 Å². The van der Waals surface area contributed by atoms with E-state index in [0.717, 1.165) is 18.5 Å². The lowest BCUT2D eigenvalue weighted by molar-refractivity contribution is -0.127. The lowest BCUT2D eigenvalue weighted by Crippen LogP contribution is -2.36. The third-order valence-corrected chi connectivity index (χ3v) is 2.28. The van der Waals surface area contributed by atoms with Crippen LogP contribution in [0.2, 0.25) is 0 Å². The molecule has 17 heavy (non-hydrogen) atoms. The Balaban J connectivity index is 2.49. The molecule has 0 saturated carbocycles. The van der Waals surface area contributed by atoms with E-state index in [2.05, 4.69) is 22.4 Å². The van der Waals surface area contributed by atoms with Gasteiger partial charge >= 0.3 is 0 Å². The third-order valence-electron chi connectivity index (χ3n) is 2.28. The second kappa shape index (κ2) is 6.03. The number of aromatic nitrogens is 2. The first-order valence-corrected chi connectivity index (χ1v) is 5.57. The highest BCUT2D eigenvalue weighted by Crippen LogP contribution is 2.02. The number of carbonyl (C=O) groups is 2. The van der Waals surface area contributed by atoms with Crippen LogP contribution in [0, 0.1) is 0 Å². The Kier molecular flexibility index (Phi) is 4.68. The second-order valence-electron chi connectivity index (χ2n) is 4.00. The number of hydrogen-bond donors (Lipinski definition) is 2. The van der Waals surface area contributed by atoms with Crippen LogP contribution < -0.4 is 5.32 Å². The van der Waals surface area contributed by atoms with Crippen molar-refractivity contribution in [1.82, 2.24) is 20.4 Å². The molecule has 0 fully saturated rings. The summed E-state index contributed by atoms with van der Waals surface area (Å²) in [5, 5.41) is 9.21. The van der Waals surface area contributed by atoms with E-state index in [4.69, 9.17) is 0 Å². The lowest BCUT2D eigenvalue weighted by Gasteiger charge is -2.09. The summed E-state index contributed by atoms with van der Waals surface area (Å²) in [6.45, 7) is 2.04. The van der Waals surface area contributed by atoms with Crippen LogP contribution in [-0.2, 0) is 11.2 Å². The van der Waals surface area contributed by atoms with Crippen LogP contribution in [-0.4, -0.2) is 47.6 Å². The number of nitrogens with zero attached hydrogens (tertiary/aromatic N) is 2. The highest BCUT2D eigenvalue weighted by Gasteiger charge is 2.12. The fourth-order valence-electron chi connectivity index (χ4n) is 1.28. The molecule has 0 aliphatic heterocycles. The molecule has 6 heteroatoms. The molecule has 0 bridgehead atoms. The second-order valence-corrected chi connectivity index (χ2v) is 4.00. The molecule has 1 rings (SSSR count). The monoisotopic (exact) mass is 238 g/mol. The van der Waals surface area contributed by atoms with Crippen LogP contribution in [0.1, 0.15) is 29.5 Å². The summed E-state index contributed by atoms with van der Waals surface area (Å²) in [5.74, 6) is -0.485. The van der Waals surface area contributed by atoms with Crippen molar-refractivity contribution in [3.8, 4) is 0 Å². The van der Waals surface area contributed by atoms with Gasteiger partial charge < -0.3 is 10.2 Å². The van der Waals surface area contributed by atoms with Gasteiger partial charge in [-0.3, -0.25) is 14.7 Å². The molecule has 2 N–H and O–H groups in total. The van der Waals surface area contributed by atoms with Gasteiger partial charge in [-0.2, -0.15) is 5.10 Å². The van der Waals surface area contributed by atoms with E-state index in [-0.39, 0.29) is 18.4 Å². The number of aryl methyl sites for hydroxylation is 1. The molecule has 1 aromatic heterocycles. The predicted octanol–water partition coefficient (Wildman–Crippen LogP) is 0.180. The first-order chi connectivity index (χ1) is 8.04. The number of carbonyl (C=O) groups excluding carboxylic acids is 2. The maximum Gasteiger partial charge on any atom is 0.272 e. The molecule has 0 saturated heterocycles. The Morgan fingerprint density at radius 1 is 1.47 bits per heavy atom. The SMILES string of the molecule is CCCc1cc(C(=O)NCC(=O)N(C)C)n[nH]1. The molecule has 0 radical (unpaired) electrons. The smallest absolute Gasteiger partial charge is 0.272 e. The normalized spacial score (nSPS) is 10.1. The van der Waals surface area contributed by atoms with Gasteiger partial charge in [-0.05, 0) is 12.5 Å². The molecular weight excluding hydrogens is 220 g/mol. The van der Waals surface area contributed by atoms with Gasteiger partial charge in [-0.25, -0.2) is 0 Å². The number of hydrogen-bond acceptors (Lipinski definition) is 3. The van der Waals surface area contributed by atoms with E-state index >= 15 is 0 Å². The number of H-pyrrole nitrogens is 1. The van der Waals surface area contributed by atoms with Crippen molar-refractivity contribution in [3.05, 3.63) is 17.5 Å². The van der Waals surface area contributed by atoms with Gasteiger partial charge in [-0.1, -0.05) is 13.3 Å². The molecule has 0 atom stereocenters. The molecule has 0 aliphatic carbocycles. The Morgan fingerprint density at radius 2 is 2.18 bits per heavy atom. The quantitative estimate of drug-likeness (QED) is 0.768. The Bertz CT molecular complexity index is 398. The summed E-state index contributed by atoms with van der Waals surface area (Å²) < 4.78 is 0. The molecular formula is C11H18N4O2. The van der Waals surface area contributed by atoms with Crippen molar-refractivity contribution in [2.45, 2.75) is 19.8 Å². The highest BCUT2D eigenvalue weighted by atomic mass is 16.2. The van der Waals surface area contributed by atoms with Crippen molar-refractivity contribution in [1.29, 1.82) is 0 Å². The van der Waals surface area contributed by atoms with E-state index in [9.17, 15) is 9.59 Å². The minimum Gasteiger partial charge on any atom is -0.347 e. The van der Waals surface area contributed by atoms with E-state index in [1.54, 1.807) is 20.2 Å². The topological polar surface area (TPSA) is 78.1 Å². The summed E-state index contributed by atoms with van der Waals surface area (Å²) in [5.41, 5.74) is 1.25. The van der Waals surface area contributed by atoms with Gasteiger partial charge in [0.15, 0.2) is 0 Å². The zero-order valence-electron chi connectivity index (χ0n) is 10.4. The standard InChI is InChI=1S/C11H18N4O2/c1-4-5-8-6-9(14-13-8)11(17)12-7-10(16)15(2)3/h6H,4-5,7H2,1-3H3,(H,12,17)(H,13,14). The summed E-state index contributed by atoms with van der Waals surface area (Å²) in [6.07, 6.45) is 1.85. The molecule has 1 aromatic rings. The molecule has 0 aromatic carbocycles. The van der Waals surface area contributed by atoms with Crippen LogP contribution in [0.4, 0.5) is 0 Å². The van der Waals surface area contributed by atoms with Crippen molar-refractivity contribution in [2.75, 3.05) is 20.6 Å². The number of amides is 2.